The largest absolute Gasteiger partial charge is 0.285 e. The number of hydrogen-bond acceptors (Lipinski definition) is 3. The molecule has 0 aliphatic carbocycles. The molecule has 0 amide bonds. The molecule has 6 aromatic rings. The smallest absolute Gasteiger partial charge is 0.229 e. The summed E-state index contributed by atoms with van der Waals surface area (Å²) in [6, 6.07) is 30.2. The Bertz CT molecular complexity index is 1670. The van der Waals surface area contributed by atoms with Gasteiger partial charge in [-0.2, -0.15) is 0 Å². The van der Waals surface area contributed by atoms with Crippen LogP contribution < -0.4 is 0 Å². The molecule has 0 saturated carbocycles. The van der Waals surface area contributed by atoms with E-state index in [9.17, 15) is 4.79 Å². The van der Waals surface area contributed by atoms with E-state index in [4.69, 9.17) is 4.98 Å². The van der Waals surface area contributed by atoms with Crippen LogP contribution in [-0.2, 0) is 0 Å². The Morgan fingerprint density at radius 3 is 2.00 bits per heavy atom. The van der Waals surface area contributed by atoms with Crippen molar-refractivity contribution >= 4 is 49.1 Å². The van der Waals surface area contributed by atoms with E-state index in [0.717, 1.165) is 38.0 Å². The molecule has 0 aliphatic heterocycles. The first-order valence-corrected chi connectivity index (χ1v) is 10.3. The molecule has 0 fully saturated rings. The van der Waals surface area contributed by atoms with Gasteiger partial charge in [0.1, 0.15) is 11.4 Å². The Morgan fingerprint density at radius 2 is 1.19 bits per heavy atom. The molecule has 2 heterocycles. The second-order valence-electron chi connectivity index (χ2n) is 7.90. The topological polar surface area (TPSA) is 42.9 Å². The lowest BCUT2D eigenvalue weighted by atomic mass is 10.00. The third-order valence-electron chi connectivity index (χ3n) is 6.01. The maximum atomic E-state index is 13.2. The molecule has 0 atom stereocenters. The van der Waals surface area contributed by atoms with Crippen LogP contribution in [0.15, 0.2) is 91.0 Å². The summed E-state index contributed by atoms with van der Waals surface area (Å²) in [6.45, 7) is 2.10. The fourth-order valence-electron chi connectivity index (χ4n) is 4.35. The molecule has 0 radical (unpaired) electrons. The van der Waals surface area contributed by atoms with Crippen molar-refractivity contribution in [2.45, 2.75) is 6.92 Å². The van der Waals surface area contributed by atoms with Crippen molar-refractivity contribution in [3.05, 3.63) is 108 Å². The van der Waals surface area contributed by atoms with Gasteiger partial charge in [-0.05, 0) is 64.4 Å². The highest BCUT2D eigenvalue weighted by Crippen LogP contribution is 2.28. The number of fused-ring (bicyclic) bond motifs is 4. The van der Waals surface area contributed by atoms with Crippen LogP contribution in [0.2, 0.25) is 0 Å². The molecule has 0 N–H and O–H groups in total. The van der Waals surface area contributed by atoms with E-state index in [1.807, 2.05) is 42.5 Å². The minimum atomic E-state index is -0.164. The number of aromatic nitrogens is 2. The van der Waals surface area contributed by atoms with Crippen LogP contribution in [0.3, 0.4) is 0 Å². The number of ketones is 1. The lowest BCUT2D eigenvalue weighted by Crippen LogP contribution is -2.06. The van der Waals surface area contributed by atoms with E-state index in [0.29, 0.717) is 11.4 Å². The summed E-state index contributed by atoms with van der Waals surface area (Å²) in [4.78, 5) is 22.6. The van der Waals surface area contributed by atoms with Gasteiger partial charge in [0.05, 0.1) is 11.0 Å². The summed E-state index contributed by atoms with van der Waals surface area (Å²) < 4.78 is 0. The van der Waals surface area contributed by atoms with E-state index in [-0.39, 0.29) is 5.78 Å². The van der Waals surface area contributed by atoms with Crippen molar-refractivity contribution < 1.29 is 4.79 Å². The molecule has 3 heteroatoms. The SMILES string of the molecule is Cc1c2ccccc2cc2nc(C(=O)c3ccc4cc5ccccc5cc4n3)ccc12. The zero-order valence-corrected chi connectivity index (χ0v) is 17.0. The molecular weight excluding hydrogens is 380 g/mol. The van der Waals surface area contributed by atoms with E-state index >= 15 is 0 Å². The van der Waals surface area contributed by atoms with Gasteiger partial charge in [-0.3, -0.25) is 4.79 Å². The Kier molecular flexibility index (Phi) is 3.84. The average molecular weight is 398 g/mol. The zero-order valence-electron chi connectivity index (χ0n) is 17.0. The first kappa shape index (κ1) is 17.7. The molecular formula is C28H18N2O. The van der Waals surface area contributed by atoms with Crippen LogP contribution in [0.25, 0.3) is 43.4 Å². The first-order chi connectivity index (χ1) is 15.2. The monoisotopic (exact) mass is 398 g/mol. The van der Waals surface area contributed by atoms with Crippen molar-refractivity contribution in [2.24, 2.45) is 0 Å². The van der Waals surface area contributed by atoms with Gasteiger partial charge in [0.25, 0.3) is 0 Å². The maximum absolute atomic E-state index is 13.2. The number of aryl methyl sites for hydroxylation is 1. The number of carbonyl (C=O) groups is 1. The number of benzene rings is 4. The molecule has 3 nitrogen and oxygen atoms in total. The fraction of sp³-hybridized carbons (Fsp3) is 0.0357. The van der Waals surface area contributed by atoms with Crippen molar-refractivity contribution in [3.63, 3.8) is 0 Å². The zero-order chi connectivity index (χ0) is 20.9. The minimum Gasteiger partial charge on any atom is -0.285 e. The normalized spacial score (nSPS) is 11.5. The molecule has 6 rings (SSSR count). The van der Waals surface area contributed by atoms with Gasteiger partial charge >= 0.3 is 0 Å². The number of nitrogens with zero attached hydrogens (tertiary/aromatic N) is 2. The van der Waals surface area contributed by atoms with Gasteiger partial charge in [0.2, 0.25) is 5.78 Å². The average Bonchev–Trinajstić information content (AvgIpc) is 2.81. The van der Waals surface area contributed by atoms with Crippen LogP contribution in [0.1, 0.15) is 21.7 Å². The molecule has 146 valence electrons. The molecule has 0 aliphatic rings. The van der Waals surface area contributed by atoms with Gasteiger partial charge in [0.15, 0.2) is 0 Å². The van der Waals surface area contributed by atoms with Crippen LogP contribution in [0, 0.1) is 6.92 Å². The second-order valence-corrected chi connectivity index (χ2v) is 7.90. The van der Waals surface area contributed by atoms with Crippen LogP contribution in [0.5, 0.6) is 0 Å². The Labute approximate surface area is 179 Å². The highest BCUT2D eigenvalue weighted by Gasteiger charge is 2.15. The van der Waals surface area contributed by atoms with Gasteiger partial charge in [-0.1, -0.05) is 60.7 Å². The lowest BCUT2D eigenvalue weighted by Gasteiger charge is -2.09. The summed E-state index contributed by atoms with van der Waals surface area (Å²) in [7, 11) is 0. The van der Waals surface area contributed by atoms with E-state index in [1.54, 1.807) is 12.1 Å². The minimum absolute atomic E-state index is 0.164. The maximum Gasteiger partial charge on any atom is 0.229 e. The van der Waals surface area contributed by atoms with E-state index in [1.165, 1.54) is 10.9 Å². The Morgan fingerprint density at radius 1 is 0.581 bits per heavy atom. The molecule has 4 aromatic carbocycles. The quantitative estimate of drug-likeness (QED) is 0.243. The van der Waals surface area contributed by atoms with Gasteiger partial charge < -0.3 is 0 Å². The summed E-state index contributed by atoms with van der Waals surface area (Å²) in [5, 5.41) is 6.68. The van der Waals surface area contributed by atoms with Crippen molar-refractivity contribution in [1.29, 1.82) is 0 Å². The van der Waals surface area contributed by atoms with Gasteiger partial charge in [0, 0.05) is 10.8 Å². The molecule has 0 bridgehead atoms. The Hall–Kier alpha value is -4.11. The summed E-state index contributed by atoms with van der Waals surface area (Å²) in [5.74, 6) is -0.164. The van der Waals surface area contributed by atoms with Crippen molar-refractivity contribution in [2.75, 3.05) is 0 Å². The highest BCUT2D eigenvalue weighted by atomic mass is 16.1. The number of pyridine rings is 2. The fourth-order valence-corrected chi connectivity index (χ4v) is 4.35. The molecule has 2 aromatic heterocycles. The second kappa shape index (κ2) is 6.71. The lowest BCUT2D eigenvalue weighted by molar-refractivity contribution is 0.103. The van der Waals surface area contributed by atoms with Crippen molar-refractivity contribution in [1.82, 2.24) is 9.97 Å². The molecule has 31 heavy (non-hydrogen) atoms. The summed E-state index contributed by atoms with van der Waals surface area (Å²) in [5.41, 5.74) is 3.64. The molecule has 0 saturated heterocycles. The summed E-state index contributed by atoms with van der Waals surface area (Å²) in [6.07, 6.45) is 0. The molecule has 0 unspecified atom stereocenters. The van der Waals surface area contributed by atoms with Gasteiger partial charge in [-0.25, -0.2) is 9.97 Å². The number of hydrogen-bond donors (Lipinski definition) is 0. The summed E-state index contributed by atoms with van der Waals surface area (Å²) >= 11 is 0. The first-order valence-electron chi connectivity index (χ1n) is 10.3. The standard InChI is InChI=1S/C28H18N2O/c1-17-22-9-5-4-8-20(22)16-27-23(17)11-13-25(30-27)28(31)24-12-10-21-14-18-6-2-3-7-19(18)15-26(21)29-24/h2-16H,1H3. The third kappa shape index (κ3) is 2.86. The molecule has 0 spiro atoms. The predicted molar refractivity (Wildman–Crippen MR) is 127 cm³/mol. The van der Waals surface area contributed by atoms with Crippen molar-refractivity contribution in [3.8, 4) is 0 Å². The van der Waals surface area contributed by atoms with Crippen LogP contribution >= 0.6 is 0 Å². The van der Waals surface area contributed by atoms with Gasteiger partial charge in [-0.15, -0.1) is 0 Å². The predicted octanol–water partition coefficient (Wildman–Crippen LogP) is 6.63. The number of rotatable bonds is 2. The Balaban J connectivity index is 1.47. The number of carbonyl (C=O) groups excluding carboxylic acids is 1. The van der Waals surface area contributed by atoms with E-state index in [2.05, 4.69) is 48.3 Å². The van der Waals surface area contributed by atoms with Crippen LogP contribution in [-0.4, -0.2) is 15.8 Å². The highest BCUT2D eigenvalue weighted by molar-refractivity contribution is 6.10. The van der Waals surface area contributed by atoms with Crippen LogP contribution in [0.4, 0.5) is 0 Å². The van der Waals surface area contributed by atoms with E-state index < -0.39 is 0 Å². The third-order valence-corrected chi connectivity index (χ3v) is 6.01.